The zero-order valence-corrected chi connectivity index (χ0v) is 19.4. The number of rotatable bonds is 7. The van der Waals surface area contributed by atoms with Crippen molar-refractivity contribution in [2.24, 2.45) is 16.1 Å². The van der Waals surface area contributed by atoms with E-state index in [2.05, 4.69) is 20.6 Å². The Hall–Kier alpha value is -2.88. The van der Waals surface area contributed by atoms with Crippen LogP contribution in [0.5, 0.6) is 0 Å². The second-order valence-corrected chi connectivity index (χ2v) is 9.26. The summed E-state index contributed by atoms with van der Waals surface area (Å²) in [5.41, 5.74) is 3.62. The van der Waals surface area contributed by atoms with Gasteiger partial charge in [0.15, 0.2) is 0 Å². The molecule has 2 heterocycles. The minimum Gasteiger partial charge on any atom is -0.395 e. The Labute approximate surface area is 196 Å². The second-order valence-electron chi connectivity index (χ2n) is 8.82. The van der Waals surface area contributed by atoms with Crippen LogP contribution in [0.4, 0.5) is 10.1 Å². The molecule has 1 aliphatic heterocycles. The van der Waals surface area contributed by atoms with Crippen LogP contribution in [0, 0.1) is 11.2 Å². The summed E-state index contributed by atoms with van der Waals surface area (Å²) in [6.45, 7) is 5.19. The Kier molecular flexibility index (Phi) is 6.88. The molecule has 1 amide bonds. The quantitative estimate of drug-likeness (QED) is 0.455. The molecule has 0 saturated carbocycles. The molecule has 0 radical (unpaired) electrons. The fourth-order valence-electron chi connectivity index (χ4n) is 4.11. The van der Waals surface area contributed by atoms with Gasteiger partial charge in [-0.25, -0.2) is 9.37 Å². The lowest BCUT2D eigenvalue weighted by atomic mass is 9.62. The van der Waals surface area contributed by atoms with Gasteiger partial charge in [0.1, 0.15) is 23.6 Å². The van der Waals surface area contributed by atoms with Gasteiger partial charge in [-0.1, -0.05) is 25.4 Å². The van der Waals surface area contributed by atoms with Crippen molar-refractivity contribution in [1.82, 2.24) is 10.3 Å². The van der Waals surface area contributed by atoms with Gasteiger partial charge in [0.2, 0.25) is 0 Å². The smallest absolute Gasteiger partial charge is 0.274 e. The van der Waals surface area contributed by atoms with Crippen LogP contribution >= 0.6 is 11.6 Å². The number of aliphatic imine (C=N–C) groups is 1. The number of hydrogen-bond acceptors (Lipinski definition) is 7. The van der Waals surface area contributed by atoms with Crippen molar-refractivity contribution < 1.29 is 19.1 Å². The van der Waals surface area contributed by atoms with Crippen molar-refractivity contribution in [3.63, 3.8) is 0 Å². The average molecular weight is 476 g/mol. The van der Waals surface area contributed by atoms with E-state index in [1.54, 1.807) is 26.8 Å². The summed E-state index contributed by atoms with van der Waals surface area (Å²) < 4.78 is 15.0. The molecule has 1 aliphatic rings. The number of aldehydes is 1. The van der Waals surface area contributed by atoms with Gasteiger partial charge >= 0.3 is 0 Å². The van der Waals surface area contributed by atoms with Crippen molar-refractivity contribution in [3.8, 4) is 0 Å². The Bertz CT molecular complexity index is 1090. The topological polar surface area (TPSA) is 130 Å². The number of nitrogens with zero attached hydrogens (tertiary/aromatic N) is 2. The van der Waals surface area contributed by atoms with Gasteiger partial charge < -0.3 is 26.3 Å². The molecule has 1 aromatic heterocycles. The number of aliphatic hydroxyl groups excluding tert-OH is 1. The summed E-state index contributed by atoms with van der Waals surface area (Å²) in [7, 11) is 0. The number of amides is 1. The molecule has 5 N–H and O–H groups in total. The number of carbonyl (C=O) groups excluding carboxylic acids is 2. The normalized spacial score (nSPS) is 24.1. The number of halogens is 2. The maximum Gasteiger partial charge on any atom is 0.274 e. The number of aliphatic hydroxyl groups is 1. The highest BCUT2D eigenvalue weighted by atomic mass is 35.5. The second kappa shape index (κ2) is 9.17. The minimum atomic E-state index is -1.22. The minimum absolute atomic E-state index is 0.0876. The number of hydrogen-bond donors (Lipinski definition) is 4. The molecule has 2 aromatic rings. The van der Waals surface area contributed by atoms with Crippen LogP contribution in [0.25, 0.3) is 0 Å². The molecule has 0 aliphatic carbocycles. The maximum atomic E-state index is 15.0. The lowest BCUT2D eigenvalue weighted by Gasteiger charge is -2.51. The third-order valence-electron chi connectivity index (χ3n) is 6.26. The van der Waals surface area contributed by atoms with Crippen molar-refractivity contribution in [1.29, 1.82) is 0 Å². The van der Waals surface area contributed by atoms with Crippen LogP contribution in [0.1, 0.15) is 43.2 Å². The summed E-state index contributed by atoms with van der Waals surface area (Å²) in [6.07, 6.45) is 2.19. The highest BCUT2D eigenvalue weighted by Crippen LogP contribution is 2.47. The molecule has 0 bridgehead atoms. The highest BCUT2D eigenvalue weighted by molar-refractivity contribution is 6.30. The highest BCUT2D eigenvalue weighted by Gasteiger charge is 2.55. The van der Waals surface area contributed by atoms with E-state index < -0.39 is 28.2 Å². The summed E-state index contributed by atoms with van der Waals surface area (Å²) >= 11 is 5.81. The standard InChI is InChI=1S/C23H27ClFN5O3/c1-21(2)20(26)30-22(3,12-23(21,13-32)28-8-9-31)16-10-15(5-6-17(16)25)29-19(33)18-7-4-14(24)11-27-18/h4-7,10-11,13,28,31H,8-9,12H2,1-3H3,(H2,26,30)(H,29,33)/t22-,23-/m0/s1. The zero-order valence-electron chi connectivity index (χ0n) is 18.7. The van der Waals surface area contributed by atoms with E-state index in [1.807, 2.05) is 0 Å². The van der Waals surface area contributed by atoms with Gasteiger partial charge in [-0.15, -0.1) is 0 Å². The van der Waals surface area contributed by atoms with Crippen molar-refractivity contribution in [3.05, 3.63) is 58.6 Å². The zero-order chi connectivity index (χ0) is 24.4. The van der Waals surface area contributed by atoms with Crippen LogP contribution < -0.4 is 16.4 Å². The van der Waals surface area contributed by atoms with Crippen LogP contribution in [0.15, 0.2) is 41.5 Å². The van der Waals surface area contributed by atoms with Crippen molar-refractivity contribution in [2.75, 3.05) is 18.5 Å². The molecule has 0 saturated heterocycles. The number of β-amino-alcohol motifs (C(OH)–C–C–N with tert-alkyl or cyclic N) is 1. The number of amidine groups is 1. The van der Waals surface area contributed by atoms with E-state index in [-0.39, 0.29) is 36.7 Å². The number of pyridine rings is 1. The van der Waals surface area contributed by atoms with Crippen molar-refractivity contribution >= 4 is 35.3 Å². The molecule has 10 heteroatoms. The first kappa shape index (κ1) is 24.8. The molecular formula is C23H27ClFN5O3. The lowest BCUT2D eigenvalue weighted by molar-refractivity contribution is -0.118. The molecule has 0 unspecified atom stereocenters. The number of nitrogens with one attached hydrogen (secondary N) is 2. The van der Waals surface area contributed by atoms with Crippen LogP contribution in [0.2, 0.25) is 5.02 Å². The molecule has 176 valence electrons. The average Bonchev–Trinajstić information content (AvgIpc) is 2.77. The monoisotopic (exact) mass is 475 g/mol. The molecule has 8 nitrogen and oxygen atoms in total. The molecule has 2 atom stereocenters. The number of benzene rings is 1. The van der Waals surface area contributed by atoms with Gasteiger partial charge in [-0.2, -0.15) is 0 Å². The first-order chi connectivity index (χ1) is 15.5. The third-order valence-corrected chi connectivity index (χ3v) is 6.49. The summed E-state index contributed by atoms with van der Waals surface area (Å²) in [4.78, 5) is 33.4. The van der Waals surface area contributed by atoms with Gasteiger partial charge in [0.25, 0.3) is 5.91 Å². The van der Waals surface area contributed by atoms with Gasteiger partial charge in [0, 0.05) is 35.8 Å². The number of carbonyl (C=O) groups is 2. The van der Waals surface area contributed by atoms with E-state index >= 15 is 4.39 Å². The fourth-order valence-corrected chi connectivity index (χ4v) is 4.22. The molecule has 3 rings (SSSR count). The predicted molar refractivity (Wildman–Crippen MR) is 125 cm³/mol. The maximum absolute atomic E-state index is 15.0. The third kappa shape index (κ3) is 4.62. The molecular weight excluding hydrogens is 449 g/mol. The Morgan fingerprint density at radius 1 is 1.30 bits per heavy atom. The molecule has 0 spiro atoms. The van der Waals surface area contributed by atoms with Gasteiger partial charge in [-0.3, -0.25) is 9.79 Å². The fraction of sp³-hybridized carbons (Fsp3) is 0.391. The predicted octanol–water partition coefficient (Wildman–Crippen LogP) is 2.65. The Morgan fingerprint density at radius 3 is 2.64 bits per heavy atom. The molecule has 1 aromatic carbocycles. The summed E-state index contributed by atoms with van der Waals surface area (Å²) in [5, 5.41) is 15.5. The van der Waals surface area contributed by atoms with E-state index in [9.17, 15) is 14.7 Å². The Morgan fingerprint density at radius 2 is 2.03 bits per heavy atom. The van der Waals surface area contributed by atoms with Gasteiger partial charge in [0.05, 0.1) is 22.7 Å². The SMILES string of the molecule is CC1(C)C(N)=N[C@](C)(c2cc(NC(=O)c3ccc(Cl)cn3)ccc2F)C[C@@]1(C=O)NCCO. The lowest BCUT2D eigenvalue weighted by Crippen LogP contribution is -2.67. The van der Waals surface area contributed by atoms with E-state index in [0.717, 1.165) is 6.29 Å². The number of aromatic nitrogens is 1. The largest absolute Gasteiger partial charge is 0.395 e. The Balaban J connectivity index is 2.00. The number of nitrogens with two attached hydrogens (primary N) is 1. The van der Waals surface area contributed by atoms with Crippen LogP contribution in [-0.4, -0.2) is 46.8 Å². The van der Waals surface area contributed by atoms with Gasteiger partial charge in [-0.05, 0) is 37.3 Å². The molecule has 0 fully saturated rings. The van der Waals surface area contributed by atoms with E-state index in [0.29, 0.717) is 10.7 Å². The van der Waals surface area contributed by atoms with Crippen molar-refractivity contribution in [2.45, 2.75) is 38.3 Å². The first-order valence-corrected chi connectivity index (χ1v) is 10.8. The summed E-state index contributed by atoms with van der Waals surface area (Å²) in [5.74, 6) is -0.875. The van der Waals surface area contributed by atoms with Crippen LogP contribution in [0.3, 0.4) is 0 Å². The van der Waals surface area contributed by atoms with E-state index in [1.165, 1.54) is 30.5 Å². The van der Waals surface area contributed by atoms with Crippen LogP contribution in [-0.2, 0) is 10.3 Å². The first-order valence-electron chi connectivity index (χ1n) is 10.4. The van der Waals surface area contributed by atoms with E-state index in [4.69, 9.17) is 17.3 Å². The number of anilines is 1. The molecule has 33 heavy (non-hydrogen) atoms. The summed E-state index contributed by atoms with van der Waals surface area (Å²) in [6, 6.07) is 7.14.